The Morgan fingerprint density at radius 2 is 1.67 bits per heavy atom. The minimum absolute atomic E-state index is 0.288. The molecule has 1 rings (SSSR count). The molecule has 0 bridgehead atoms. The monoisotopic (exact) mass is 400 g/mol. The van der Waals surface area contributed by atoms with E-state index < -0.39 is 30.5 Å². The fourth-order valence-electron chi connectivity index (χ4n) is 2.17. The summed E-state index contributed by atoms with van der Waals surface area (Å²) >= 11 is 0. The zero-order valence-electron chi connectivity index (χ0n) is 17.4. The van der Waals surface area contributed by atoms with Crippen LogP contribution in [0.5, 0.6) is 5.75 Å². The van der Waals surface area contributed by atoms with Gasteiger partial charge in [0.15, 0.2) is 0 Å². The smallest absolute Gasteiger partial charge is 0.494 e. The maximum atomic E-state index is 12.7. The first-order chi connectivity index (χ1) is 12.1. The number of methoxy groups -OCH3 is 1. The topological polar surface area (TPSA) is 95.0 Å². The van der Waals surface area contributed by atoms with Crippen molar-refractivity contribution in [2.24, 2.45) is 0 Å². The molecular formula is C18H29N2O6P. The second-order valence-corrected chi connectivity index (χ2v) is 11.6. The first kappa shape index (κ1) is 23.0. The number of hydrogen-bond donors (Lipinski definition) is 0. The third kappa shape index (κ3) is 6.54. The molecule has 0 unspecified atom stereocenters. The van der Waals surface area contributed by atoms with Crippen molar-refractivity contribution in [1.82, 2.24) is 4.98 Å². The van der Waals surface area contributed by atoms with E-state index in [1.807, 2.05) is 0 Å². The average Bonchev–Trinajstić information content (AvgIpc) is 2.42. The van der Waals surface area contributed by atoms with Gasteiger partial charge in [-0.2, -0.15) is 0 Å². The first-order valence-electron chi connectivity index (χ1n) is 8.41. The maximum absolute atomic E-state index is 12.7. The Morgan fingerprint density at radius 1 is 1.11 bits per heavy atom. The number of amides is 1. The second-order valence-electron chi connectivity index (χ2n) is 8.40. The van der Waals surface area contributed by atoms with Crippen molar-refractivity contribution in [1.29, 1.82) is 0 Å². The van der Waals surface area contributed by atoms with E-state index in [1.54, 1.807) is 54.9 Å². The third-order valence-electron chi connectivity index (χ3n) is 3.26. The quantitative estimate of drug-likeness (QED) is 0.430. The lowest BCUT2D eigenvalue weighted by atomic mass is 10.1. The van der Waals surface area contributed by atoms with Crippen LogP contribution in [0.15, 0.2) is 12.3 Å². The predicted octanol–water partition coefficient (Wildman–Crippen LogP) is 4.01. The van der Waals surface area contributed by atoms with E-state index in [-0.39, 0.29) is 5.69 Å². The Kier molecular flexibility index (Phi) is 6.71. The minimum Gasteiger partial charge on any atom is -0.494 e. The lowest BCUT2D eigenvalue weighted by Crippen LogP contribution is -2.47. The molecule has 0 aromatic carbocycles. The second kappa shape index (κ2) is 7.89. The van der Waals surface area contributed by atoms with Gasteiger partial charge in [0.2, 0.25) is 0 Å². The zero-order chi connectivity index (χ0) is 21.2. The van der Waals surface area contributed by atoms with Crippen LogP contribution in [0, 0.1) is 0 Å². The molecule has 0 atom stereocenters. The number of ether oxygens (including phenoxy) is 3. The van der Waals surface area contributed by atoms with E-state index in [4.69, 9.17) is 14.2 Å². The first-order valence-corrected chi connectivity index (χ1v) is 11.0. The van der Waals surface area contributed by atoms with E-state index >= 15 is 0 Å². The normalized spacial score (nSPS) is 12.3. The largest absolute Gasteiger partial charge is 0.517 e. The number of aromatic nitrogens is 1. The van der Waals surface area contributed by atoms with Gasteiger partial charge in [0.05, 0.1) is 13.3 Å². The molecule has 0 aliphatic rings. The van der Waals surface area contributed by atoms with Crippen LogP contribution in [0.4, 0.5) is 15.3 Å². The molecule has 0 spiro atoms. The molecule has 152 valence electrons. The van der Waals surface area contributed by atoms with Gasteiger partial charge in [-0.1, -0.05) is 0 Å². The van der Waals surface area contributed by atoms with Gasteiger partial charge in [-0.3, -0.25) is 9.88 Å². The summed E-state index contributed by atoms with van der Waals surface area (Å²) in [5.41, 5.74) is -0.903. The summed E-state index contributed by atoms with van der Waals surface area (Å²) in [6, 6.07) is 1.52. The van der Waals surface area contributed by atoms with Gasteiger partial charge >= 0.3 is 12.2 Å². The standard InChI is InChI=1S/C18H29N2O6P/c1-17(2,3)20(15(21)25-16(22)26-18(4,5)6)12-11-19-14(27(8,9)23)10-13(12)24-7/h10-11H,1-9H3. The molecule has 0 aliphatic heterocycles. The molecule has 1 aromatic rings. The number of pyridine rings is 1. The van der Waals surface area contributed by atoms with Gasteiger partial charge in [-0.05, 0) is 54.9 Å². The third-order valence-corrected chi connectivity index (χ3v) is 4.61. The zero-order valence-corrected chi connectivity index (χ0v) is 18.3. The summed E-state index contributed by atoms with van der Waals surface area (Å²) in [4.78, 5) is 30.0. The van der Waals surface area contributed by atoms with Gasteiger partial charge in [0, 0.05) is 11.6 Å². The summed E-state index contributed by atoms with van der Waals surface area (Å²) in [6.45, 7) is 13.5. The molecule has 9 heteroatoms. The van der Waals surface area contributed by atoms with Crippen LogP contribution in [0.3, 0.4) is 0 Å². The van der Waals surface area contributed by atoms with E-state index in [9.17, 15) is 14.2 Å². The Hall–Kier alpha value is -2.08. The summed E-state index contributed by atoms with van der Waals surface area (Å²) in [5.74, 6) is 0.292. The molecule has 0 saturated heterocycles. The fourth-order valence-corrected chi connectivity index (χ4v) is 2.93. The van der Waals surface area contributed by atoms with Crippen LogP contribution in [-0.4, -0.2) is 48.8 Å². The van der Waals surface area contributed by atoms with E-state index in [1.165, 1.54) is 24.3 Å². The number of rotatable bonds is 3. The van der Waals surface area contributed by atoms with Gasteiger partial charge < -0.3 is 18.8 Å². The van der Waals surface area contributed by atoms with Crippen molar-refractivity contribution >= 4 is 30.5 Å². The highest BCUT2D eigenvalue weighted by Crippen LogP contribution is 2.38. The summed E-state index contributed by atoms with van der Waals surface area (Å²) < 4.78 is 27.5. The number of carbonyl (C=O) groups is 2. The molecule has 0 fully saturated rings. The van der Waals surface area contributed by atoms with Crippen LogP contribution in [0.25, 0.3) is 0 Å². The Balaban J connectivity index is 3.31. The molecule has 0 radical (unpaired) electrons. The highest BCUT2D eigenvalue weighted by Gasteiger charge is 2.35. The van der Waals surface area contributed by atoms with Crippen molar-refractivity contribution in [2.75, 3.05) is 25.3 Å². The Labute approximate surface area is 160 Å². The summed E-state index contributed by atoms with van der Waals surface area (Å²) in [6.07, 6.45) is -0.646. The van der Waals surface area contributed by atoms with Gasteiger partial charge in [-0.15, -0.1) is 0 Å². The molecule has 1 aromatic heterocycles. The Bertz CT molecular complexity index is 758. The van der Waals surface area contributed by atoms with E-state index in [0.717, 1.165) is 0 Å². The van der Waals surface area contributed by atoms with Gasteiger partial charge in [0.1, 0.15) is 29.6 Å². The fraction of sp³-hybridized carbons (Fsp3) is 0.611. The minimum atomic E-state index is -2.62. The molecule has 27 heavy (non-hydrogen) atoms. The molecule has 0 saturated carbocycles. The molecule has 1 amide bonds. The van der Waals surface area contributed by atoms with Crippen LogP contribution < -0.4 is 15.1 Å². The number of hydrogen-bond acceptors (Lipinski definition) is 7. The van der Waals surface area contributed by atoms with E-state index in [2.05, 4.69) is 4.98 Å². The molecule has 8 nitrogen and oxygen atoms in total. The molecular weight excluding hydrogens is 371 g/mol. The number of nitrogens with zero attached hydrogens (tertiary/aromatic N) is 2. The summed E-state index contributed by atoms with van der Waals surface area (Å²) in [7, 11) is -1.19. The number of carbonyl (C=O) groups excluding carboxylic acids is 2. The predicted molar refractivity (Wildman–Crippen MR) is 105 cm³/mol. The lowest BCUT2D eigenvalue weighted by Gasteiger charge is -2.35. The number of anilines is 1. The van der Waals surface area contributed by atoms with Crippen molar-refractivity contribution in [2.45, 2.75) is 52.7 Å². The Morgan fingerprint density at radius 3 is 2.07 bits per heavy atom. The molecule has 1 heterocycles. The highest BCUT2D eigenvalue weighted by atomic mass is 31.2. The van der Waals surface area contributed by atoms with Crippen LogP contribution in [0.1, 0.15) is 41.5 Å². The highest BCUT2D eigenvalue weighted by molar-refractivity contribution is 7.69. The molecule has 0 aliphatic carbocycles. The van der Waals surface area contributed by atoms with Gasteiger partial charge in [-0.25, -0.2) is 9.59 Å². The van der Waals surface area contributed by atoms with Gasteiger partial charge in [0.25, 0.3) is 0 Å². The SMILES string of the molecule is COc1cc(P(C)(C)=O)ncc1N(C(=O)OC(=O)OC(C)(C)C)C(C)(C)C. The lowest BCUT2D eigenvalue weighted by molar-refractivity contribution is 0.00955. The van der Waals surface area contributed by atoms with E-state index in [0.29, 0.717) is 11.2 Å². The van der Waals surface area contributed by atoms with Crippen LogP contribution >= 0.6 is 7.14 Å². The maximum Gasteiger partial charge on any atom is 0.517 e. The van der Waals surface area contributed by atoms with Crippen LogP contribution in [0.2, 0.25) is 0 Å². The van der Waals surface area contributed by atoms with Crippen LogP contribution in [-0.2, 0) is 14.0 Å². The summed E-state index contributed by atoms with van der Waals surface area (Å²) in [5, 5.41) is 0. The molecule has 0 N–H and O–H groups in total. The van der Waals surface area contributed by atoms with Crippen molar-refractivity contribution < 1.29 is 28.4 Å². The van der Waals surface area contributed by atoms with Crippen molar-refractivity contribution in [3.8, 4) is 5.75 Å². The average molecular weight is 400 g/mol. The van der Waals surface area contributed by atoms with Crippen molar-refractivity contribution in [3.63, 3.8) is 0 Å². The van der Waals surface area contributed by atoms with Crippen molar-refractivity contribution in [3.05, 3.63) is 12.3 Å².